The summed E-state index contributed by atoms with van der Waals surface area (Å²) >= 11 is 0. The molecule has 0 radical (unpaired) electrons. The van der Waals surface area contributed by atoms with Gasteiger partial charge in [0.25, 0.3) is 0 Å². The summed E-state index contributed by atoms with van der Waals surface area (Å²) in [6.45, 7) is 4.36. The Morgan fingerprint density at radius 3 is 1.18 bits per heavy atom. The summed E-state index contributed by atoms with van der Waals surface area (Å²) in [5.74, 6) is -0.0305. The fourth-order valence-electron chi connectivity index (χ4n) is 7.16. The zero-order chi connectivity index (χ0) is 37.1. The molecule has 1 amide bonds. The summed E-state index contributed by atoms with van der Waals surface area (Å²) in [5, 5.41) is 23.2. The van der Waals surface area contributed by atoms with E-state index < -0.39 is 12.1 Å². The van der Waals surface area contributed by atoms with Gasteiger partial charge >= 0.3 is 0 Å². The SMILES string of the molecule is CCCCCCC/C=C\C/C=C\CCCCCCCCCCCCCCCC(=O)NC(CO)C(O)CCCCCCCCCCCCCCCC. The molecule has 0 rings (SSSR count). The number of carbonyl (C=O) groups is 1. The number of aliphatic hydroxyl groups excluding tert-OH is 2. The van der Waals surface area contributed by atoms with Crippen molar-refractivity contribution < 1.29 is 15.0 Å². The lowest BCUT2D eigenvalue weighted by molar-refractivity contribution is -0.123. The maximum absolute atomic E-state index is 12.4. The predicted octanol–water partition coefficient (Wildman–Crippen LogP) is 14.4. The Balaban J connectivity index is 3.47. The van der Waals surface area contributed by atoms with Crippen LogP contribution in [-0.4, -0.2) is 34.9 Å². The number of unbranched alkanes of at least 4 members (excludes halogenated alkanes) is 31. The quantitative estimate of drug-likeness (QED) is 0.0435. The summed E-state index contributed by atoms with van der Waals surface area (Å²) in [4.78, 5) is 12.4. The first-order chi connectivity index (χ1) is 25.2. The van der Waals surface area contributed by atoms with Crippen molar-refractivity contribution in [1.29, 1.82) is 0 Å². The van der Waals surface area contributed by atoms with Crippen molar-refractivity contribution in [3.05, 3.63) is 24.3 Å². The highest BCUT2D eigenvalue weighted by Crippen LogP contribution is 2.16. The van der Waals surface area contributed by atoms with Gasteiger partial charge < -0.3 is 15.5 Å². The van der Waals surface area contributed by atoms with Gasteiger partial charge in [0.2, 0.25) is 5.91 Å². The summed E-state index contributed by atoms with van der Waals surface area (Å²) < 4.78 is 0. The predicted molar refractivity (Wildman–Crippen MR) is 225 cm³/mol. The molecule has 0 aromatic carbocycles. The van der Waals surface area contributed by atoms with Crippen LogP contribution in [0.2, 0.25) is 0 Å². The van der Waals surface area contributed by atoms with Gasteiger partial charge in [-0.3, -0.25) is 4.79 Å². The van der Waals surface area contributed by atoms with Crippen LogP contribution in [0, 0.1) is 0 Å². The largest absolute Gasteiger partial charge is 0.394 e. The molecule has 0 saturated heterocycles. The van der Waals surface area contributed by atoms with E-state index in [2.05, 4.69) is 43.5 Å². The molecule has 0 fully saturated rings. The van der Waals surface area contributed by atoms with E-state index >= 15 is 0 Å². The fraction of sp³-hybridized carbons (Fsp3) is 0.894. The molecule has 0 bridgehead atoms. The standard InChI is InChI=1S/C47H91NO3/c1-3-5-7-9-11-13-15-17-19-20-21-22-23-24-25-26-27-28-29-31-33-35-37-39-41-43-47(51)48-45(44-49)46(50)42-40-38-36-34-32-30-18-16-14-12-10-8-6-4-2/h15,17,20-21,45-46,49-50H,3-14,16,18-19,22-44H2,1-2H3,(H,48,51)/b17-15-,21-20-. The number of rotatable bonds is 42. The van der Waals surface area contributed by atoms with Crippen LogP contribution in [0.25, 0.3) is 0 Å². The molecule has 2 atom stereocenters. The number of hydrogen-bond donors (Lipinski definition) is 3. The highest BCUT2D eigenvalue weighted by molar-refractivity contribution is 5.76. The van der Waals surface area contributed by atoms with Gasteiger partial charge in [0.15, 0.2) is 0 Å². The molecule has 0 heterocycles. The first-order valence-electron chi connectivity index (χ1n) is 23.0. The Morgan fingerprint density at radius 2 is 0.804 bits per heavy atom. The zero-order valence-corrected chi connectivity index (χ0v) is 34.6. The van der Waals surface area contributed by atoms with Crippen LogP contribution in [0.1, 0.15) is 251 Å². The van der Waals surface area contributed by atoms with E-state index in [1.807, 2.05) is 0 Å². The van der Waals surface area contributed by atoms with Gasteiger partial charge in [-0.25, -0.2) is 0 Å². The molecule has 3 N–H and O–H groups in total. The molecule has 0 saturated carbocycles. The van der Waals surface area contributed by atoms with Gasteiger partial charge in [0, 0.05) is 6.42 Å². The first kappa shape index (κ1) is 49.9. The molecule has 4 nitrogen and oxygen atoms in total. The maximum Gasteiger partial charge on any atom is 0.220 e. The van der Waals surface area contributed by atoms with Crippen LogP contribution in [0.3, 0.4) is 0 Å². The van der Waals surface area contributed by atoms with Crippen molar-refractivity contribution in [2.75, 3.05) is 6.61 Å². The average molecular weight is 718 g/mol. The number of amides is 1. The molecular formula is C47H91NO3. The maximum atomic E-state index is 12.4. The zero-order valence-electron chi connectivity index (χ0n) is 34.6. The van der Waals surface area contributed by atoms with Crippen molar-refractivity contribution in [3.8, 4) is 0 Å². The van der Waals surface area contributed by atoms with E-state index in [-0.39, 0.29) is 12.5 Å². The third-order valence-electron chi connectivity index (χ3n) is 10.7. The van der Waals surface area contributed by atoms with Crippen LogP contribution in [0.15, 0.2) is 24.3 Å². The van der Waals surface area contributed by atoms with E-state index in [0.29, 0.717) is 12.8 Å². The molecule has 2 unspecified atom stereocenters. The third kappa shape index (κ3) is 39.9. The molecule has 0 aromatic rings. The smallest absolute Gasteiger partial charge is 0.220 e. The topological polar surface area (TPSA) is 69.6 Å². The van der Waals surface area contributed by atoms with Gasteiger partial charge in [0.05, 0.1) is 18.8 Å². The minimum absolute atomic E-state index is 0.0305. The van der Waals surface area contributed by atoms with Crippen LogP contribution in [0.4, 0.5) is 0 Å². The summed E-state index contributed by atoms with van der Waals surface area (Å²) in [7, 11) is 0. The lowest BCUT2D eigenvalue weighted by atomic mass is 10.0. The van der Waals surface area contributed by atoms with Gasteiger partial charge in [-0.2, -0.15) is 0 Å². The number of hydrogen-bond acceptors (Lipinski definition) is 3. The minimum Gasteiger partial charge on any atom is -0.394 e. The molecule has 0 aliphatic heterocycles. The summed E-state index contributed by atoms with van der Waals surface area (Å²) in [6, 6.07) is -0.534. The number of carbonyl (C=O) groups excluding carboxylic acids is 1. The minimum atomic E-state index is -0.657. The Morgan fingerprint density at radius 1 is 0.471 bits per heavy atom. The number of allylic oxidation sites excluding steroid dienone is 4. The fourth-order valence-corrected chi connectivity index (χ4v) is 7.16. The van der Waals surface area contributed by atoms with Gasteiger partial charge in [-0.1, -0.05) is 224 Å². The highest BCUT2D eigenvalue weighted by Gasteiger charge is 2.20. The summed E-state index contributed by atoms with van der Waals surface area (Å²) in [6.07, 6.45) is 55.5. The van der Waals surface area contributed by atoms with Crippen LogP contribution < -0.4 is 5.32 Å². The molecule has 302 valence electrons. The Hall–Kier alpha value is -1.13. The Labute approximate surface area is 319 Å². The first-order valence-corrected chi connectivity index (χ1v) is 23.0. The van der Waals surface area contributed by atoms with Crippen LogP contribution in [-0.2, 0) is 4.79 Å². The number of aliphatic hydroxyl groups is 2. The molecular weight excluding hydrogens is 627 g/mol. The molecule has 0 spiro atoms. The summed E-state index contributed by atoms with van der Waals surface area (Å²) in [5.41, 5.74) is 0. The lowest BCUT2D eigenvalue weighted by Crippen LogP contribution is -2.45. The van der Waals surface area contributed by atoms with Gasteiger partial charge in [-0.15, -0.1) is 0 Å². The van der Waals surface area contributed by atoms with Crippen LogP contribution in [0.5, 0.6) is 0 Å². The van der Waals surface area contributed by atoms with E-state index in [9.17, 15) is 15.0 Å². The Kier molecular flexibility index (Phi) is 42.3. The van der Waals surface area contributed by atoms with Gasteiger partial charge in [0.1, 0.15) is 0 Å². The second kappa shape index (κ2) is 43.3. The normalized spacial score (nSPS) is 13.1. The van der Waals surface area contributed by atoms with Crippen molar-refractivity contribution in [3.63, 3.8) is 0 Å². The van der Waals surface area contributed by atoms with E-state index in [1.54, 1.807) is 0 Å². The molecule has 0 aliphatic rings. The molecule has 0 aromatic heterocycles. The Bertz CT molecular complexity index is 735. The molecule has 51 heavy (non-hydrogen) atoms. The van der Waals surface area contributed by atoms with E-state index in [4.69, 9.17) is 0 Å². The van der Waals surface area contributed by atoms with E-state index in [1.165, 1.54) is 193 Å². The molecule has 4 heteroatoms. The average Bonchev–Trinajstić information content (AvgIpc) is 3.13. The van der Waals surface area contributed by atoms with Crippen molar-refractivity contribution in [2.24, 2.45) is 0 Å². The highest BCUT2D eigenvalue weighted by atomic mass is 16.3. The van der Waals surface area contributed by atoms with Crippen molar-refractivity contribution in [2.45, 2.75) is 264 Å². The van der Waals surface area contributed by atoms with E-state index in [0.717, 1.165) is 32.1 Å². The van der Waals surface area contributed by atoms with Crippen LogP contribution >= 0.6 is 0 Å². The monoisotopic (exact) mass is 718 g/mol. The van der Waals surface area contributed by atoms with Crippen molar-refractivity contribution in [1.82, 2.24) is 5.32 Å². The van der Waals surface area contributed by atoms with Crippen molar-refractivity contribution >= 4 is 5.91 Å². The lowest BCUT2D eigenvalue weighted by Gasteiger charge is -2.22. The van der Waals surface area contributed by atoms with Gasteiger partial charge in [-0.05, 0) is 44.9 Å². The second-order valence-electron chi connectivity index (χ2n) is 15.8. The third-order valence-corrected chi connectivity index (χ3v) is 10.7. The second-order valence-corrected chi connectivity index (χ2v) is 15.8. The molecule has 0 aliphatic carbocycles. The number of nitrogens with one attached hydrogen (secondary N) is 1.